The Morgan fingerprint density at radius 3 is 2.18 bits per heavy atom. The quantitative estimate of drug-likeness (QED) is 0.801. The normalized spacial score (nSPS) is 11.7. The zero-order valence-corrected chi connectivity index (χ0v) is 11.6. The molecule has 0 saturated carbocycles. The fourth-order valence-corrected chi connectivity index (χ4v) is 5.20. The van der Waals surface area contributed by atoms with Crippen LogP contribution in [0.25, 0.3) is 0 Å². The van der Waals surface area contributed by atoms with Gasteiger partial charge in [0.15, 0.2) is 0 Å². The topological polar surface area (TPSA) is 75.7 Å². The molecule has 17 heavy (non-hydrogen) atoms. The summed E-state index contributed by atoms with van der Waals surface area (Å²) in [5.74, 6) is 0. The number of aromatic nitrogens is 3. The third kappa shape index (κ3) is 2.01. The molecule has 6 heteroatoms. The zero-order valence-electron chi connectivity index (χ0n) is 9.85. The van der Waals surface area contributed by atoms with E-state index in [9.17, 15) is 7.67 Å². The van der Waals surface area contributed by atoms with Gasteiger partial charge in [-0.05, 0) is 0 Å². The van der Waals surface area contributed by atoms with Crippen molar-refractivity contribution in [2.45, 2.75) is 20.8 Å². The first-order valence-electron chi connectivity index (χ1n) is 5.11. The van der Waals surface area contributed by atoms with Crippen molar-refractivity contribution < 1.29 is 7.67 Å². The minimum atomic E-state index is -4.45. The van der Waals surface area contributed by atoms with E-state index in [2.05, 4.69) is 15.2 Å². The molecule has 2 aromatic rings. The van der Waals surface area contributed by atoms with Crippen LogP contribution in [0, 0.1) is 20.8 Å². The van der Waals surface area contributed by atoms with Crippen molar-refractivity contribution >= 4 is 21.9 Å². The third-order valence-electron chi connectivity index (χ3n) is 2.52. The number of H-pyrrole nitrogens is 1. The molecule has 0 radical (unpaired) electrons. The van der Waals surface area contributed by atoms with Gasteiger partial charge in [0.05, 0.1) is 0 Å². The van der Waals surface area contributed by atoms with Crippen LogP contribution in [0.4, 0.5) is 0 Å². The van der Waals surface area contributed by atoms with Gasteiger partial charge in [0.25, 0.3) is 0 Å². The summed E-state index contributed by atoms with van der Waals surface area (Å²) in [6, 6.07) is 3.72. The predicted molar refractivity (Wildman–Crippen MR) is 63.4 cm³/mol. The average molecular weight is 298 g/mol. The van der Waals surface area contributed by atoms with Crippen LogP contribution in [0.3, 0.4) is 0 Å². The van der Waals surface area contributed by atoms with Gasteiger partial charge in [-0.15, -0.1) is 0 Å². The van der Waals surface area contributed by atoms with Crippen molar-refractivity contribution in [2.24, 2.45) is 0 Å². The van der Waals surface area contributed by atoms with Crippen molar-refractivity contribution in [3.8, 4) is 0 Å². The Morgan fingerprint density at radius 2 is 1.71 bits per heavy atom. The summed E-state index contributed by atoms with van der Waals surface area (Å²) in [5, 5.41) is 6.02. The van der Waals surface area contributed by atoms with Crippen molar-refractivity contribution in [3.63, 3.8) is 0 Å². The standard InChI is InChI=1S/C11H13N3O2Se/c1-7-4-8(2)10(9(3)5-7)17(15,16)11-12-6-13-14-11/h4-6H,1-3H3,(H,12,13,14). The molecule has 5 nitrogen and oxygen atoms in total. The Labute approximate surface area is 101 Å². The van der Waals surface area contributed by atoms with Crippen LogP contribution in [0.2, 0.25) is 0 Å². The molecule has 1 heterocycles. The van der Waals surface area contributed by atoms with E-state index < -0.39 is 12.7 Å². The number of hydrogen-bond acceptors (Lipinski definition) is 4. The Kier molecular flexibility index (Phi) is 2.85. The monoisotopic (exact) mass is 299 g/mol. The fraction of sp³-hybridized carbons (Fsp3) is 0.273. The molecule has 0 amide bonds. The molecule has 0 aliphatic rings. The van der Waals surface area contributed by atoms with Gasteiger partial charge in [-0.1, -0.05) is 0 Å². The third-order valence-corrected chi connectivity index (χ3v) is 6.48. The number of rotatable bonds is 2. The zero-order chi connectivity index (χ0) is 12.6. The van der Waals surface area contributed by atoms with Gasteiger partial charge in [0.2, 0.25) is 0 Å². The summed E-state index contributed by atoms with van der Waals surface area (Å²) in [6.45, 7) is 5.54. The molecule has 2 rings (SSSR count). The van der Waals surface area contributed by atoms with Crippen LogP contribution >= 0.6 is 0 Å². The van der Waals surface area contributed by atoms with E-state index in [1.54, 1.807) is 13.8 Å². The van der Waals surface area contributed by atoms with Gasteiger partial charge < -0.3 is 0 Å². The molecular formula is C11H13N3O2Se. The van der Waals surface area contributed by atoms with Crippen LogP contribution in [0.5, 0.6) is 0 Å². The van der Waals surface area contributed by atoms with E-state index in [0.29, 0.717) is 4.46 Å². The first-order valence-corrected chi connectivity index (χ1v) is 8.22. The SMILES string of the molecule is Cc1cc(C)c([Se](=O)(=O)c2ncn[nH]2)c(C)c1. The number of hydrogen-bond donors (Lipinski definition) is 1. The molecule has 0 aliphatic carbocycles. The van der Waals surface area contributed by atoms with Gasteiger partial charge in [-0.3, -0.25) is 0 Å². The molecule has 0 fully saturated rings. The predicted octanol–water partition coefficient (Wildman–Crippen LogP) is 0.147. The van der Waals surface area contributed by atoms with E-state index in [1.807, 2.05) is 19.1 Å². The second-order valence-corrected chi connectivity index (χ2v) is 7.80. The van der Waals surface area contributed by atoms with E-state index >= 15 is 0 Å². The molecule has 1 aromatic heterocycles. The number of aromatic amines is 1. The second kappa shape index (κ2) is 4.05. The number of nitrogens with one attached hydrogen (secondary N) is 1. The second-order valence-electron chi connectivity index (χ2n) is 4.02. The number of aryl methyl sites for hydroxylation is 3. The first-order chi connectivity index (χ1) is 7.93. The van der Waals surface area contributed by atoms with Gasteiger partial charge in [-0.25, -0.2) is 0 Å². The molecule has 0 saturated heterocycles. The molecule has 0 atom stereocenters. The summed E-state index contributed by atoms with van der Waals surface area (Å²) < 4.78 is 25.1. The van der Waals surface area contributed by atoms with Crippen LogP contribution in [0.15, 0.2) is 18.5 Å². The van der Waals surface area contributed by atoms with Gasteiger partial charge in [0.1, 0.15) is 0 Å². The van der Waals surface area contributed by atoms with E-state index in [-0.39, 0.29) is 4.72 Å². The minimum absolute atomic E-state index is 0.0451. The molecule has 1 N–H and O–H groups in total. The molecule has 0 bridgehead atoms. The number of benzene rings is 1. The molecule has 0 unspecified atom stereocenters. The maximum atomic E-state index is 12.4. The van der Waals surface area contributed by atoms with Crippen molar-refractivity contribution in [1.29, 1.82) is 0 Å². The first kappa shape index (κ1) is 12.0. The molecule has 0 aliphatic heterocycles. The van der Waals surface area contributed by atoms with Crippen molar-refractivity contribution in [2.75, 3.05) is 0 Å². The van der Waals surface area contributed by atoms with E-state index in [1.165, 1.54) is 6.33 Å². The Balaban J connectivity index is 2.71. The van der Waals surface area contributed by atoms with Gasteiger partial charge in [-0.2, -0.15) is 0 Å². The molecular weight excluding hydrogens is 285 g/mol. The summed E-state index contributed by atoms with van der Waals surface area (Å²) in [7, 11) is 0. The summed E-state index contributed by atoms with van der Waals surface area (Å²) in [4.78, 5) is 3.75. The van der Waals surface area contributed by atoms with Crippen molar-refractivity contribution in [1.82, 2.24) is 15.2 Å². The van der Waals surface area contributed by atoms with Crippen LogP contribution in [0.1, 0.15) is 16.7 Å². The summed E-state index contributed by atoms with van der Waals surface area (Å²) in [6.07, 6.45) is 1.20. The van der Waals surface area contributed by atoms with E-state index in [0.717, 1.165) is 16.7 Å². The summed E-state index contributed by atoms with van der Waals surface area (Å²) >= 11 is -4.45. The number of nitrogens with zero attached hydrogens (tertiary/aromatic N) is 2. The molecule has 1 aromatic carbocycles. The van der Waals surface area contributed by atoms with Gasteiger partial charge >= 0.3 is 101 Å². The maximum absolute atomic E-state index is 12.4. The van der Waals surface area contributed by atoms with E-state index in [4.69, 9.17) is 0 Å². The Hall–Kier alpha value is -1.52. The molecule has 0 spiro atoms. The van der Waals surface area contributed by atoms with Crippen molar-refractivity contribution in [3.05, 3.63) is 35.2 Å². The Morgan fingerprint density at radius 1 is 1.12 bits per heavy atom. The summed E-state index contributed by atoms with van der Waals surface area (Å²) in [5.41, 5.74) is 2.56. The van der Waals surface area contributed by atoms with Gasteiger partial charge in [0, 0.05) is 0 Å². The van der Waals surface area contributed by atoms with Crippen LogP contribution in [-0.4, -0.2) is 27.9 Å². The average Bonchev–Trinajstić information content (AvgIpc) is 2.67. The molecule has 90 valence electrons. The Bertz CT molecular complexity index is 622. The fourth-order valence-electron chi connectivity index (χ4n) is 2.01. The van der Waals surface area contributed by atoms with Crippen LogP contribution in [-0.2, 0) is 7.67 Å². The van der Waals surface area contributed by atoms with Crippen LogP contribution < -0.4 is 9.18 Å².